The molecular weight excluding hydrogens is 456 g/mol. The fraction of sp³-hybridized carbons (Fsp3) is 0.208. The second-order valence-corrected chi connectivity index (χ2v) is 9.55. The van der Waals surface area contributed by atoms with Gasteiger partial charge in [-0.05, 0) is 73.1 Å². The van der Waals surface area contributed by atoms with Gasteiger partial charge in [0.15, 0.2) is 0 Å². The van der Waals surface area contributed by atoms with E-state index in [1.807, 2.05) is 26.5 Å². The number of nitrogens with one attached hydrogen (secondary N) is 1. The second kappa shape index (κ2) is 9.79. The lowest BCUT2D eigenvalue weighted by molar-refractivity contribution is 0.690. The van der Waals surface area contributed by atoms with E-state index < -0.39 is 0 Å². The number of hydrogen-bond acceptors (Lipinski definition) is 4. The molecule has 0 fully saturated rings. The highest BCUT2D eigenvalue weighted by Gasteiger charge is 2.11. The van der Waals surface area contributed by atoms with Crippen LogP contribution in [0.2, 0.25) is 0 Å². The van der Waals surface area contributed by atoms with Gasteiger partial charge in [0.1, 0.15) is 0 Å². The molecule has 0 aliphatic carbocycles. The molecule has 2 aromatic heterocycles. The topological polar surface area (TPSA) is 33.1 Å². The van der Waals surface area contributed by atoms with Crippen LogP contribution in [0.5, 0.6) is 0 Å². The molecule has 154 valence electrons. The maximum Gasteiger partial charge on any atom is 0.0492 e. The first-order valence-corrected chi connectivity index (χ1v) is 11.5. The lowest BCUT2D eigenvalue weighted by Gasteiger charge is -2.08. The highest BCUT2D eigenvalue weighted by atomic mass is 79.9. The van der Waals surface area contributed by atoms with E-state index in [1.165, 1.54) is 33.2 Å². The summed E-state index contributed by atoms with van der Waals surface area (Å²) in [4.78, 5) is 4.15. The number of aromatic nitrogens is 2. The molecule has 0 aliphatic rings. The summed E-state index contributed by atoms with van der Waals surface area (Å²) < 4.78 is 8.97. The maximum absolute atomic E-state index is 4.15. The van der Waals surface area contributed by atoms with Crippen molar-refractivity contribution in [3.8, 4) is 11.1 Å². The van der Waals surface area contributed by atoms with Gasteiger partial charge < -0.3 is 4.57 Å². The van der Waals surface area contributed by atoms with E-state index in [1.54, 1.807) is 12.1 Å². The average Bonchev–Trinajstić information content (AvgIpc) is 3.08. The van der Waals surface area contributed by atoms with Crippen molar-refractivity contribution < 1.29 is 0 Å². The second-order valence-electron chi connectivity index (χ2n) is 7.43. The molecular formula is C24H25BrN4S. The molecule has 0 radical (unpaired) electrons. The number of benzene rings is 2. The van der Waals surface area contributed by atoms with Crippen LogP contribution in [0.4, 0.5) is 0 Å². The number of nitrogens with zero attached hydrogens (tertiary/aromatic N) is 3. The normalized spacial score (nSPS) is 11.5. The largest absolute Gasteiger partial charge is 0.343 e. The Labute approximate surface area is 190 Å². The van der Waals surface area contributed by atoms with Gasteiger partial charge in [0.2, 0.25) is 0 Å². The lowest BCUT2D eigenvalue weighted by Crippen LogP contribution is -2.15. The number of hydrogen-bond donors (Lipinski definition) is 1. The molecule has 4 nitrogen and oxygen atoms in total. The first-order chi connectivity index (χ1) is 14.6. The Balaban J connectivity index is 1.69. The monoisotopic (exact) mass is 480 g/mol. The molecule has 0 amide bonds. The number of fused-ring (bicyclic) bond motifs is 1. The van der Waals surface area contributed by atoms with Crippen LogP contribution in [0.3, 0.4) is 0 Å². The standard InChI is InChI=1S/C24H25BrN4S/c1-28(2)30-27-13-10-21-17-29(16-18-4-3-5-22(25)14-18)24-15-20(6-7-23(21)24)19-8-11-26-12-9-19/h3-9,11-12,14-15,17,27H,10,13,16H2,1-2H3. The molecule has 0 aliphatic heterocycles. The maximum atomic E-state index is 4.15. The third kappa shape index (κ3) is 5.13. The molecule has 0 atom stereocenters. The number of rotatable bonds is 8. The van der Waals surface area contributed by atoms with E-state index in [-0.39, 0.29) is 0 Å². The highest BCUT2D eigenvalue weighted by molar-refractivity contribution is 9.10. The molecule has 30 heavy (non-hydrogen) atoms. The van der Waals surface area contributed by atoms with E-state index in [2.05, 4.69) is 95.3 Å². The smallest absolute Gasteiger partial charge is 0.0492 e. The van der Waals surface area contributed by atoms with E-state index >= 15 is 0 Å². The Morgan fingerprint density at radius 3 is 2.63 bits per heavy atom. The van der Waals surface area contributed by atoms with Gasteiger partial charge in [-0.2, -0.15) is 0 Å². The zero-order chi connectivity index (χ0) is 20.9. The molecule has 0 saturated carbocycles. The van der Waals surface area contributed by atoms with E-state index in [0.29, 0.717) is 0 Å². The third-order valence-corrected chi connectivity index (χ3v) is 6.16. The summed E-state index contributed by atoms with van der Waals surface area (Å²) in [5.74, 6) is 0. The summed E-state index contributed by atoms with van der Waals surface area (Å²) in [6, 6.07) is 19.4. The van der Waals surface area contributed by atoms with Crippen molar-refractivity contribution in [2.45, 2.75) is 13.0 Å². The Morgan fingerprint density at radius 2 is 1.87 bits per heavy atom. The summed E-state index contributed by atoms with van der Waals surface area (Å²) in [6.07, 6.45) is 6.99. The van der Waals surface area contributed by atoms with Crippen LogP contribution >= 0.6 is 28.1 Å². The van der Waals surface area contributed by atoms with Gasteiger partial charge in [-0.1, -0.05) is 40.2 Å². The molecule has 4 aromatic rings. The first-order valence-electron chi connectivity index (χ1n) is 9.94. The predicted octanol–water partition coefficient (Wildman–Crippen LogP) is 5.77. The van der Waals surface area contributed by atoms with Gasteiger partial charge in [0.25, 0.3) is 0 Å². The van der Waals surface area contributed by atoms with Crippen molar-refractivity contribution in [1.29, 1.82) is 0 Å². The van der Waals surface area contributed by atoms with Gasteiger partial charge in [0, 0.05) is 59.2 Å². The zero-order valence-corrected chi connectivity index (χ0v) is 19.6. The number of pyridine rings is 1. The van der Waals surface area contributed by atoms with Crippen LogP contribution in [-0.4, -0.2) is 34.5 Å². The Hall–Kier alpha value is -2.12. The SMILES string of the molecule is CN(C)SNCCc1cn(Cc2cccc(Br)c2)c2cc(-c3ccncc3)ccc12. The van der Waals surface area contributed by atoms with E-state index in [0.717, 1.165) is 24.0 Å². The summed E-state index contributed by atoms with van der Waals surface area (Å²) in [7, 11) is 4.09. The molecule has 2 aromatic carbocycles. The van der Waals surface area contributed by atoms with Crippen molar-refractivity contribution in [1.82, 2.24) is 18.6 Å². The Bertz CT molecular complexity index is 1120. The van der Waals surface area contributed by atoms with E-state index in [4.69, 9.17) is 0 Å². The van der Waals surface area contributed by atoms with Crippen LogP contribution < -0.4 is 4.72 Å². The van der Waals surface area contributed by atoms with Crippen LogP contribution in [0.1, 0.15) is 11.1 Å². The average molecular weight is 481 g/mol. The fourth-order valence-electron chi connectivity index (χ4n) is 3.61. The summed E-state index contributed by atoms with van der Waals surface area (Å²) in [5, 5.41) is 1.32. The van der Waals surface area contributed by atoms with E-state index in [9.17, 15) is 0 Å². The number of halogens is 1. The minimum atomic E-state index is 0.843. The van der Waals surface area contributed by atoms with Crippen molar-refractivity contribution in [2.24, 2.45) is 0 Å². The summed E-state index contributed by atoms with van der Waals surface area (Å²) >= 11 is 5.23. The minimum absolute atomic E-state index is 0.843. The van der Waals surface area contributed by atoms with Crippen LogP contribution in [0, 0.1) is 0 Å². The molecule has 6 heteroatoms. The molecule has 0 spiro atoms. The minimum Gasteiger partial charge on any atom is -0.343 e. The van der Waals surface area contributed by atoms with Gasteiger partial charge in [-0.3, -0.25) is 9.71 Å². The molecule has 1 N–H and O–H groups in total. The van der Waals surface area contributed by atoms with Crippen molar-refractivity contribution in [2.75, 3.05) is 20.6 Å². The van der Waals surface area contributed by atoms with Crippen molar-refractivity contribution in [3.63, 3.8) is 0 Å². The Morgan fingerprint density at radius 1 is 1.03 bits per heavy atom. The lowest BCUT2D eigenvalue weighted by atomic mass is 10.0. The summed E-state index contributed by atoms with van der Waals surface area (Å²) in [5.41, 5.74) is 6.31. The van der Waals surface area contributed by atoms with Crippen LogP contribution in [-0.2, 0) is 13.0 Å². The van der Waals surface area contributed by atoms with Gasteiger partial charge >= 0.3 is 0 Å². The van der Waals surface area contributed by atoms with Gasteiger partial charge in [0.05, 0.1) is 0 Å². The van der Waals surface area contributed by atoms with Crippen molar-refractivity contribution >= 4 is 39.0 Å². The first kappa shape index (κ1) is 21.1. The molecule has 0 bridgehead atoms. The highest BCUT2D eigenvalue weighted by Crippen LogP contribution is 2.29. The molecule has 0 saturated heterocycles. The van der Waals surface area contributed by atoms with Gasteiger partial charge in [-0.15, -0.1) is 0 Å². The van der Waals surface area contributed by atoms with Crippen LogP contribution in [0.15, 0.2) is 77.7 Å². The molecule has 4 rings (SSSR count). The third-order valence-electron chi connectivity index (χ3n) is 4.96. The van der Waals surface area contributed by atoms with Crippen LogP contribution in [0.25, 0.3) is 22.0 Å². The quantitative estimate of drug-likeness (QED) is 0.256. The molecule has 2 heterocycles. The Kier molecular flexibility index (Phi) is 6.89. The van der Waals surface area contributed by atoms with Gasteiger partial charge in [-0.25, -0.2) is 4.31 Å². The van der Waals surface area contributed by atoms with Crippen molar-refractivity contribution in [3.05, 3.63) is 88.8 Å². The fourth-order valence-corrected chi connectivity index (χ4v) is 4.51. The predicted molar refractivity (Wildman–Crippen MR) is 131 cm³/mol. The zero-order valence-electron chi connectivity index (χ0n) is 17.2. The summed E-state index contributed by atoms with van der Waals surface area (Å²) in [6.45, 7) is 1.76. The molecule has 0 unspecified atom stereocenters.